The highest BCUT2D eigenvalue weighted by molar-refractivity contribution is 6.09. The largest absolute Gasteiger partial charge is 0.623 e. The molecule has 2 heteroatoms. The van der Waals surface area contributed by atoms with Crippen LogP contribution in [0.5, 0.6) is 0 Å². The molecular weight excluding hydrogens is 234 g/mol. The topological polar surface area (TPSA) is 26.1 Å². The number of hydrogen-bond acceptors (Lipinski definition) is 1. The lowest BCUT2D eigenvalue weighted by molar-refractivity contribution is -0.534. The first-order valence-corrected chi connectivity index (χ1v) is 6.45. The van der Waals surface area contributed by atoms with Crippen molar-refractivity contribution in [2.45, 2.75) is 26.3 Å². The van der Waals surface area contributed by atoms with Crippen molar-refractivity contribution in [3.63, 3.8) is 0 Å². The number of hydroxylamine groups is 1. The van der Waals surface area contributed by atoms with Crippen molar-refractivity contribution in [3.8, 4) is 0 Å². The predicted octanol–water partition coefficient (Wildman–Crippen LogP) is 3.83. The van der Waals surface area contributed by atoms with Crippen LogP contribution in [-0.4, -0.2) is 16.0 Å². The summed E-state index contributed by atoms with van der Waals surface area (Å²) in [6, 6.07) is 19.6. The summed E-state index contributed by atoms with van der Waals surface area (Å²) in [5.74, 6) is 0. The maximum absolute atomic E-state index is 12.6. The summed E-state index contributed by atoms with van der Waals surface area (Å²) in [6.45, 7) is 5.77. The zero-order valence-electron chi connectivity index (χ0n) is 11.6. The monoisotopic (exact) mass is 253 g/mol. The molecule has 2 aromatic rings. The van der Waals surface area contributed by atoms with Gasteiger partial charge in [0.2, 0.25) is 5.71 Å². The van der Waals surface area contributed by atoms with Gasteiger partial charge < -0.3 is 5.21 Å². The van der Waals surface area contributed by atoms with Gasteiger partial charge in [-0.25, -0.2) is 0 Å². The van der Waals surface area contributed by atoms with Crippen molar-refractivity contribution < 1.29 is 4.74 Å². The summed E-state index contributed by atoms with van der Waals surface area (Å²) in [4.78, 5) is 0. The molecule has 19 heavy (non-hydrogen) atoms. The molecule has 0 heterocycles. The van der Waals surface area contributed by atoms with Gasteiger partial charge in [0.05, 0.1) is 0 Å². The Balaban J connectivity index is 2.66. The molecule has 0 radical (unpaired) electrons. The molecule has 0 N–H and O–H groups in total. The van der Waals surface area contributed by atoms with E-state index in [1.54, 1.807) is 0 Å². The molecule has 0 atom stereocenters. The minimum atomic E-state index is -0.471. The van der Waals surface area contributed by atoms with Gasteiger partial charge in [0.1, 0.15) is 0 Å². The highest BCUT2D eigenvalue weighted by Crippen LogP contribution is 2.15. The molecule has 0 aliphatic rings. The molecule has 98 valence electrons. The van der Waals surface area contributed by atoms with E-state index in [1.165, 1.54) is 0 Å². The maximum atomic E-state index is 12.6. The van der Waals surface area contributed by atoms with E-state index >= 15 is 0 Å². The van der Waals surface area contributed by atoms with Crippen LogP contribution in [0.2, 0.25) is 0 Å². The number of nitrogens with zero attached hydrogens (tertiary/aromatic N) is 1. The Kier molecular flexibility index (Phi) is 3.70. The van der Waals surface area contributed by atoms with Gasteiger partial charge in [-0.15, -0.1) is 0 Å². The zero-order chi connectivity index (χ0) is 13.9. The van der Waals surface area contributed by atoms with Crippen LogP contribution in [0.4, 0.5) is 0 Å². The van der Waals surface area contributed by atoms with Crippen LogP contribution < -0.4 is 0 Å². The standard InChI is InChI=1S/C17H19NO/c1-17(2,3)18(19)16(14-10-6-4-7-11-14)15-12-8-5-9-13-15/h4-13H,1-3H3. The van der Waals surface area contributed by atoms with Crippen molar-refractivity contribution >= 4 is 5.71 Å². The van der Waals surface area contributed by atoms with Crippen LogP contribution in [0.15, 0.2) is 60.7 Å². The fraction of sp³-hybridized carbons (Fsp3) is 0.235. The third-order valence-corrected chi connectivity index (χ3v) is 2.91. The second-order valence-corrected chi connectivity index (χ2v) is 5.55. The highest BCUT2D eigenvalue weighted by atomic mass is 16.5. The van der Waals surface area contributed by atoms with Crippen LogP contribution in [0.3, 0.4) is 0 Å². The Labute approximate surface area is 114 Å². The van der Waals surface area contributed by atoms with Gasteiger partial charge >= 0.3 is 0 Å². The Hall–Kier alpha value is -2.09. The maximum Gasteiger partial charge on any atom is 0.226 e. The lowest BCUT2D eigenvalue weighted by Crippen LogP contribution is -2.34. The van der Waals surface area contributed by atoms with Crippen LogP contribution in [-0.2, 0) is 0 Å². The smallest absolute Gasteiger partial charge is 0.226 e. The normalized spacial score (nSPS) is 11.1. The third kappa shape index (κ3) is 3.02. The van der Waals surface area contributed by atoms with E-state index in [0.717, 1.165) is 15.9 Å². The van der Waals surface area contributed by atoms with Gasteiger partial charge in [-0.2, -0.15) is 4.74 Å². The van der Waals surface area contributed by atoms with E-state index < -0.39 is 5.54 Å². The van der Waals surface area contributed by atoms with Crippen LogP contribution in [0.1, 0.15) is 31.9 Å². The van der Waals surface area contributed by atoms with Crippen molar-refractivity contribution in [2.75, 3.05) is 0 Å². The summed E-state index contributed by atoms with van der Waals surface area (Å²) in [5.41, 5.74) is 2.13. The second-order valence-electron chi connectivity index (χ2n) is 5.55. The molecule has 0 bridgehead atoms. The Morgan fingerprint density at radius 1 is 0.789 bits per heavy atom. The Morgan fingerprint density at radius 2 is 1.16 bits per heavy atom. The van der Waals surface area contributed by atoms with Gasteiger partial charge in [0.15, 0.2) is 5.54 Å². The van der Waals surface area contributed by atoms with E-state index in [-0.39, 0.29) is 0 Å². The van der Waals surface area contributed by atoms with E-state index in [0.29, 0.717) is 5.71 Å². The SMILES string of the molecule is CC(C)(C)[N+]([O-])=C(c1ccccc1)c1ccccc1. The predicted molar refractivity (Wildman–Crippen MR) is 79.5 cm³/mol. The van der Waals surface area contributed by atoms with Gasteiger partial charge in [0.25, 0.3) is 0 Å². The average molecular weight is 253 g/mol. The van der Waals surface area contributed by atoms with Crippen molar-refractivity contribution in [2.24, 2.45) is 0 Å². The summed E-state index contributed by atoms with van der Waals surface area (Å²) < 4.78 is 1.09. The minimum Gasteiger partial charge on any atom is -0.623 e. The molecule has 0 saturated carbocycles. The number of hydrogen-bond donors (Lipinski definition) is 0. The number of benzene rings is 2. The summed E-state index contributed by atoms with van der Waals surface area (Å²) in [6.07, 6.45) is 0. The van der Waals surface area contributed by atoms with Crippen LogP contribution in [0.25, 0.3) is 0 Å². The van der Waals surface area contributed by atoms with Gasteiger partial charge in [-0.1, -0.05) is 36.4 Å². The van der Waals surface area contributed by atoms with Crippen molar-refractivity contribution in [3.05, 3.63) is 77.0 Å². The number of rotatable bonds is 2. The van der Waals surface area contributed by atoms with E-state index in [4.69, 9.17) is 0 Å². The zero-order valence-corrected chi connectivity index (χ0v) is 11.6. The molecule has 0 unspecified atom stereocenters. The molecule has 0 aromatic heterocycles. The van der Waals surface area contributed by atoms with Gasteiger partial charge in [0, 0.05) is 31.9 Å². The van der Waals surface area contributed by atoms with E-state index in [2.05, 4.69) is 0 Å². The molecular formula is C17H19NO. The molecule has 0 amide bonds. The van der Waals surface area contributed by atoms with E-state index in [1.807, 2.05) is 81.4 Å². The fourth-order valence-electron chi connectivity index (χ4n) is 1.93. The van der Waals surface area contributed by atoms with Crippen LogP contribution in [0, 0.1) is 5.21 Å². The average Bonchev–Trinajstić information content (AvgIpc) is 2.40. The van der Waals surface area contributed by atoms with Crippen molar-refractivity contribution in [1.82, 2.24) is 0 Å². The first kappa shape index (κ1) is 13.3. The van der Waals surface area contributed by atoms with E-state index in [9.17, 15) is 5.21 Å². The lowest BCUT2D eigenvalue weighted by Gasteiger charge is -2.22. The molecule has 2 aromatic carbocycles. The molecule has 2 rings (SSSR count). The van der Waals surface area contributed by atoms with Crippen molar-refractivity contribution in [1.29, 1.82) is 0 Å². The first-order valence-electron chi connectivity index (χ1n) is 6.45. The molecule has 0 saturated heterocycles. The Bertz CT molecular complexity index is 524. The summed E-state index contributed by atoms with van der Waals surface area (Å²) in [7, 11) is 0. The van der Waals surface area contributed by atoms with Gasteiger partial charge in [-0.05, 0) is 24.3 Å². The fourth-order valence-corrected chi connectivity index (χ4v) is 1.93. The Morgan fingerprint density at radius 3 is 1.47 bits per heavy atom. The minimum absolute atomic E-state index is 0.471. The molecule has 0 aliphatic heterocycles. The first-order chi connectivity index (χ1) is 9.00. The van der Waals surface area contributed by atoms with Gasteiger partial charge in [-0.3, -0.25) is 0 Å². The molecule has 2 nitrogen and oxygen atoms in total. The second kappa shape index (κ2) is 5.27. The quantitative estimate of drug-likeness (QED) is 0.346. The summed E-state index contributed by atoms with van der Waals surface area (Å²) in [5, 5.41) is 12.6. The van der Waals surface area contributed by atoms with Crippen LogP contribution >= 0.6 is 0 Å². The highest BCUT2D eigenvalue weighted by Gasteiger charge is 2.25. The third-order valence-electron chi connectivity index (χ3n) is 2.91. The molecule has 0 aliphatic carbocycles. The summed E-state index contributed by atoms with van der Waals surface area (Å²) >= 11 is 0. The molecule has 0 fully saturated rings. The lowest BCUT2D eigenvalue weighted by atomic mass is 10.00. The molecule has 0 spiro atoms.